The van der Waals surface area contributed by atoms with Gasteiger partial charge in [0.15, 0.2) is 0 Å². The maximum Gasteiger partial charge on any atom is 0.414 e. The summed E-state index contributed by atoms with van der Waals surface area (Å²) in [4.78, 5) is 22.3. The number of benzene rings is 2. The normalized spacial score (nSPS) is 13.8. The third-order valence-corrected chi connectivity index (χ3v) is 5.43. The van der Waals surface area contributed by atoms with E-state index in [0.717, 1.165) is 45.5 Å². The van der Waals surface area contributed by atoms with Crippen molar-refractivity contribution in [2.75, 3.05) is 18.1 Å². The molecule has 1 aliphatic heterocycles. The number of nitrogens with zero attached hydrogens (tertiary/aromatic N) is 2. The molecule has 29 heavy (non-hydrogen) atoms. The summed E-state index contributed by atoms with van der Waals surface area (Å²) >= 11 is 0. The molecular weight excluding hydrogens is 362 g/mol. The van der Waals surface area contributed by atoms with Gasteiger partial charge in [0.2, 0.25) is 0 Å². The Hall–Kier alpha value is -3.60. The minimum absolute atomic E-state index is 0.305. The third kappa shape index (κ3) is 2.95. The number of aryl methyl sites for hydroxylation is 1. The molecule has 0 spiro atoms. The van der Waals surface area contributed by atoms with Crippen LogP contribution in [-0.2, 0) is 11.2 Å². The van der Waals surface area contributed by atoms with Crippen LogP contribution in [0.3, 0.4) is 0 Å². The number of carbonyl (C=O) groups is 1. The van der Waals surface area contributed by atoms with Crippen molar-refractivity contribution in [3.8, 4) is 22.5 Å². The van der Waals surface area contributed by atoms with Gasteiger partial charge in [-0.15, -0.1) is 0 Å². The first-order valence-electron chi connectivity index (χ1n) is 9.86. The molecule has 0 bridgehead atoms. The highest BCUT2D eigenvalue weighted by atomic mass is 16.6. The molecule has 1 amide bonds. The number of aromatic nitrogens is 2. The van der Waals surface area contributed by atoms with Crippen LogP contribution in [-0.4, -0.2) is 29.2 Å². The molecule has 5 rings (SSSR count). The van der Waals surface area contributed by atoms with Gasteiger partial charge in [0, 0.05) is 22.7 Å². The monoisotopic (exact) mass is 383 g/mol. The number of ether oxygens (including phenoxy) is 1. The second kappa shape index (κ2) is 7.09. The fourth-order valence-corrected chi connectivity index (χ4v) is 3.93. The molecule has 3 heterocycles. The second-order valence-electron chi connectivity index (χ2n) is 7.11. The summed E-state index contributed by atoms with van der Waals surface area (Å²) in [6, 6.07) is 20.5. The molecule has 1 N–H and O–H groups in total. The van der Waals surface area contributed by atoms with E-state index in [1.54, 1.807) is 11.1 Å². The van der Waals surface area contributed by atoms with E-state index in [1.807, 2.05) is 30.3 Å². The topological polar surface area (TPSA) is 58.2 Å². The van der Waals surface area contributed by atoms with Gasteiger partial charge in [0.05, 0.1) is 29.1 Å². The summed E-state index contributed by atoms with van der Waals surface area (Å²) in [5, 5.41) is 0.988. The smallest absolute Gasteiger partial charge is 0.414 e. The lowest BCUT2D eigenvalue weighted by atomic mass is 10.0. The van der Waals surface area contributed by atoms with Crippen LogP contribution in [0.5, 0.6) is 0 Å². The van der Waals surface area contributed by atoms with Crippen molar-refractivity contribution in [3.05, 3.63) is 72.4 Å². The predicted molar refractivity (Wildman–Crippen MR) is 115 cm³/mol. The van der Waals surface area contributed by atoms with Crippen LogP contribution in [0.4, 0.5) is 10.5 Å². The van der Waals surface area contributed by atoms with Crippen LogP contribution < -0.4 is 4.90 Å². The number of nitrogens with one attached hydrogen (secondary N) is 1. The number of hydrogen-bond donors (Lipinski definition) is 1. The van der Waals surface area contributed by atoms with E-state index in [1.165, 1.54) is 5.56 Å². The van der Waals surface area contributed by atoms with Crippen LogP contribution in [0, 0.1) is 0 Å². The molecule has 0 aliphatic carbocycles. The first-order valence-corrected chi connectivity index (χ1v) is 9.86. The van der Waals surface area contributed by atoms with Crippen molar-refractivity contribution in [3.63, 3.8) is 0 Å². The molecule has 1 fully saturated rings. The molecule has 0 radical (unpaired) electrons. The molecule has 4 aromatic rings. The fourth-order valence-electron chi connectivity index (χ4n) is 3.93. The van der Waals surface area contributed by atoms with Gasteiger partial charge in [0.25, 0.3) is 0 Å². The van der Waals surface area contributed by atoms with Gasteiger partial charge in [-0.1, -0.05) is 55.5 Å². The van der Waals surface area contributed by atoms with Gasteiger partial charge in [-0.2, -0.15) is 0 Å². The van der Waals surface area contributed by atoms with Gasteiger partial charge < -0.3 is 9.72 Å². The zero-order chi connectivity index (χ0) is 19.8. The number of anilines is 1. The number of amides is 1. The average Bonchev–Trinajstić information content (AvgIpc) is 3.37. The molecular formula is C24H21N3O2. The van der Waals surface area contributed by atoms with E-state index < -0.39 is 0 Å². The van der Waals surface area contributed by atoms with Gasteiger partial charge in [-0.05, 0) is 24.1 Å². The van der Waals surface area contributed by atoms with Crippen molar-refractivity contribution in [1.29, 1.82) is 0 Å². The van der Waals surface area contributed by atoms with E-state index in [4.69, 9.17) is 4.74 Å². The number of rotatable bonds is 4. The lowest BCUT2D eigenvalue weighted by molar-refractivity contribution is 0.181. The number of carbonyl (C=O) groups excluding carboxylic acids is 1. The maximum atomic E-state index is 12.4. The van der Waals surface area contributed by atoms with Crippen LogP contribution in [0.2, 0.25) is 0 Å². The molecule has 5 heteroatoms. The van der Waals surface area contributed by atoms with Crippen LogP contribution in [0.25, 0.3) is 33.4 Å². The Bertz CT molecular complexity index is 1180. The van der Waals surface area contributed by atoms with Gasteiger partial charge >= 0.3 is 6.09 Å². The highest BCUT2D eigenvalue weighted by Crippen LogP contribution is 2.41. The average molecular weight is 383 g/mol. The molecule has 0 atom stereocenters. The van der Waals surface area contributed by atoms with E-state index in [9.17, 15) is 4.79 Å². The van der Waals surface area contributed by atoms with E-state index in [-0.39, 0.29) is 6.09 Å². The molecule has 0 saturated carbocycles. The van der Waals surface area contributed by atoms with Gasteiger partial charge in [-0.25, -0.2) is 4.79 Å². The highest BCUT2D eigenvalue weighted by molar-refractivity contribution is 6.11. The zero-order valence-electron chi connectivity index (χ0n) is 16.2. The predicted octanol–water partition coefficient (Wildman–Crippen LogP) is 5.42. The summed E-state index contributed by atoms with van der Waals surface area (Å²) in [5.74, 6) is 0. The number of cyclic esters (lactones) is 1. The summed E-state index contributed by atoms with van der Waals surface area (Å²) < 4.78 is 5.24. The van der Waals surface area contributed by atoms with E-state index in [0.29, 0.717) is 13.2 Å². The Balaban J connectivity index is 1.77. The van der Waals surface area contributed by atoms with Crippen molar-refractivity contribution in [2.24, 2.45) is 0 Å². The van der Waals surface area contributed by atoms with E-state index in [2.05, 4.69) is 47.2 Å². The minimum Gasteiger partial charge on any atom is -0.447 e. The summed E-state index contributed by atoms with van der Waals surface area (Å²) in [6.45, 7) is 3.09. The summed E-state index contributed by atoms with van der Waals surface area (Å²) in [5.41, 5.74) is 6.97. The minimum atomic E-state index is -0.305. The first-order chi connectivity index (χ1) is 14.3. The Morgan fingerprint density at radius 1 is 1.07 bits per heavy atom. The first kappa shape index (κ1) is 17.5. The lowest BCUT2D eigenvalue weighted by Gasteiger charge is -2.15. The standard InChI is InChI=1S/C24H21N3O2/c1-2-16-9-11-17(12-10-16)21-23(27-14-15-29-24(27)28)19-7-5-6-18(22(19)26-21)20-8-3-4-13-25-20/h3-13,26H,2,14-15H2,1H3. The van der Waals surface area contributed by atoms with Crippen molar-refractivity contribution >= 4 is 22.7 Å². The summed E-state index contributed by atoms with van der Waals surface area (Å²) in [7, 11) is 0. The maximum absolute atomic E-state index is 12.4. The highest BCUT2D eigenvalue weighted by Gasteiger charge is 2.30. The molecule has 144 valence electrons. The molecule has 0 unspecified atom stereocenters. The van der Waals surface area contributed by atoms with E-state index >= 15 is 0 Å². The van der Waals surface area contributed by atoms with Crippen LogP contribution in [0.15, 0.2) is 66.9 Å². The number of pyridine rings is 1. The van der Waals surface area contributed by atoms with Gasteiger partial charge in [-0.3, -0.25) is 9.88 Å². The second-order valence-corrected chi connectivity index (χ2v) is 7.11. The van der Waals surface area contributed by atoms with Crippen molar-refractivity contribution in [2.45, 2.75) is 13.3 Å². The van der Waals surface area contributed by atoms with Crippen molar-refractivity contribution in [1.82, 2.24) is 9.97 Å². The fraction of sp³-hybridized carbons (Fsp3) is 0.167. The SMILES string of the molecule is CCc1ccc(-c2[nH]c3c(-c4ccccn4)cccc3c2N2CCOC2=O)cc1. The van der Waals surface area contributed by atoms with Gasteiger partial charge in [0.1, 0.15) is 6.61 Å². The Morgan fingerprint density at radius 3 is 2.62 bits per heavy atom. The number of aromatic amines is 1. The number of fused-ring (bicyclic) bond motifs is 1. The van der Waals surface area contributed by atoms with Crippen LogP contribution in [0.1, 0.15) is 12.5 Å². The molecule has 2 aromatic carbocycles. The number of H-pyrrole nitrogens is 1. The van der Waals surface area contributed by atoms with Crippen molar-refractivity contribution < 1.29 is 9.53 Å². The molecule has 2 aromatic heterocycles. The molecule has 5 nitrogen and oxygen atoms in total. The number of hydrogen-bond acceptors (Lipinski definition) is 3. The van der Waals surface area contributed by atoms with Crippen LogP contribution >= 0.6 is 0 Å². The molecule has 1 saturated heterocycles. The molecule has 1 aliphatic rings. The lowest BCUT2D eigenvalue weighted by Crippen LogP contribution is -2.23. The Labute approximate surface area is 169 Å². The summed E-state index contributed by atoms with van der Waals surface area (Å²) in [6.07, 6.45) is 2.48. The zero-order valence-corrected chi connectivity index (χ0v) is 16.2. The number of para-hydroxylation sites is 1. The Kier molecular flexibility index (Phi) is 4.28. The quantitative estimate of drug-likeness (QED) is 0.512. The Morgan fingerprint density at radius 2 is 1.93 bits per heavy atom. The third-order valence-electron chi connectivity index (χ3n) is 5.43. The largest absolute Gasteiger partial charge is 0.447 e.